The normalized spacial score (nSPS) is 20.0. The molecule has 0 fully saturated rings. The summed E-state index contributed by atoms with van der Waals surface area (Å²) in [5.41, 5.74) is 5.71. The minimum atomic E-state index is -2.10. The van der Waals surface area contributed by atoms with Gasteiger partial charge in [-0.15, -0.1) is 0 Å². The zero-order valence-electron chi connectivity index (χ0n) is 17.5. The fourth-order valence-electron chi connectivity index (χ4n) is 5.88. The summed E-state index contributed by atoms with van der Waals surface area (Å²) in [5.74, 6) is 0. The Bertz CT molecular complexity index is 1340. The first-order valence-corrected chi connectivity index (χ1v) is 14.7. The highest BCUT2D eigenvalue weighted by Crippen LogP contribution is 2.56. The maximum Gasteiger partial charge on any atom is 0.0754 e. The highest BCUT2D eigenvalue weighted by molar-refractivity contribution is 6.84. The van der Waals surface area contributed by atoms with E-state index < -0.39 is 8.07 Å². The van der Waals surface area contributed by atoms with E-state index in [0.717, 1.165) is 10.1 Å². The number of allylic oxidation sites excluding steroid dienone is 2. The fraction of sp³-hybridized carbons (Fsp3) is 0.143. The van der Waals surface area contributed by atoms with Gasteiger partial charge in [-0.25, -0.2) is 0 Å². The van der Waals surface area contributed by atoms with Crippen LogP contribution in [0.25, 0.3) is 33.7 Å². The Labute approximate surface area is 193 Å². The van der Waals surface area contributed by atoms with Crippen LogP contribution < -0.4 is 0 Å². The van der Waals surface area contributed by atoms with Crippen LogP contribution in [-0.4, -0.2) is 8.07 Å². The molecule has 0 radical (unpaired) electrons. The Morgan fingerprint density at radius 3 is 1.45 bits per heavy atom. The molecule has 0 spiro atoms. The second-order valence-electron chi connectivity index (χ2n) is 9.33. The molecule has 152 valence electrons. The third-order valence-electron chi connectivity index (χ3n) is 7.21. The Morgan fingerprint density at radius 2 is 1.00 bits per heavy atom. The summed E-state index contributed by atoms with van der Waals surface area (Å²) < 4.78 is 0. The van der Waals surface area contributed by atoms with E-state index in [-0.39, 0.29) is 11.1 Å². The molecule has 0 nitrogen and oxygen atoms in total. The lowest BCUT2D eigenvalue weighted by molar-refractivity contribution is 1.04. The summed E-state index contributed by atoms with van der Waals surface area (Å²) in [6, 6.07) is 26.2. The molecule has 0 aliphatic heterocycles. The number of hydrogen-bond acceptors (Lipinski definition) is 0. The van der Waals surface area contributed by atoms with E-state index in [0.29, 0.717) is 0 Å². The Balaban J connectivity index is 1.59. The van der Waals surface area contributed by atoms with Gasteiger partial charge in [0.15, 0.2) is 0 Å². The topological polar surface area (TPSA) is 0 Å². The summed E-state index contributed by atoms with van der Waals surface area (Å²) in [4.78, 5) is 0. The minimum Gasteiger partial charge on any atom is -0.0888 e. The van der Waals surface area contributed by atoms with Crippen LogP contribution in [0.15, 0.2) is 82.9 Å². The maximum atomic E-state index is 7.03. The number of rotatable bonds is 2. The van der Waals surface area contributed by atoms with Crippen LogP contribution in [-0.2, 0) is 0 Å². The van der Waals surface area contributed by atoms with Gasteiger partial charge < -0.3 is 0 Å². The van der Waals surface area contributed by atoms with E-state index in [2.05, 4.69) is 98.0 Å². The van der Waals surface area contributed by atoms with E-state index in [9.17, 15) is 0 Å². The van der Waals surface area contributed by atoms with Crippen LogP contribution in [0.5, 0.6) is 0 Å². The zero-order chi connectivity index (χ0) is 21.3. The average molecular weight is 457 g/mol. The van der Waals surface area contributed by atoms with Gasteiger partial charge in [-0.1, -0.05) is 109 Å². The molecule has 2 aliphatic carbocycles. The van der Waals surface area contributed by atoms with Gasteiger partial charge in [-0.2, -0.15) is 0 Å². The summed E-state index contributed by atoms with van der Waals surface area (Å²) in [7, 11) is -2.10. The molecule has 3 heteroatoms. The van der Waals surface area contributed by atoms with Gasteiger partial charge in [-0.3, -0.25) is 0 Å². The van der Waals surface area contributed by atoms with E-state index in [1.165, 1.54) is 43.8 Å². The van der Waals surface area contributed by atoms with Crippen LogP contribution in [0.3, 0.4) is 0 Å². The van der Waals surface area contributed by atoms with Crippen molar-refractivity contribution in [2.24, 2.45) is 0 Å². The monoisotopic (exact) mass is 456 g/mol. The first kappa shape index (κ1) is 19.4. The molecule has 2 unspecified atom stereocenters. The number of fused-ring (bicyclic) bond motifs is 6. The summed E-state index contributed by atoms with van der Waals surface area (Å²) >= 11 is 14.1. The second kappa shape index (κ2) is 6.84. The van der Waals surface area contributed by atoms with Gasteiger partial charge >= 0.3 is 0 Å². The largest absolute Gasteiger partial charge is 0.0888 e. The lowest BCUT2D eigenvalue weighted by Gasteiger charge is -2.38. The summed E-state index contributed by atoms with van der Waals surface area (Å²) in [5, 5.41) is 7.09. The molecular formula is C28H22Cl2Si. The van der Waals surface area contributed by atoms with Crippen molar-refractivity contribution in [1.82, 2.24) is 0 Å². The molecule has 0 amide bonds. The molecule has 2 aliphatic rings. The van der Waals surface area contributed by atoms with Crippen molar-refractivity contribution in [3.63, 3.8) is 0 Å². The SMILES string of the molecule is C[Si](C)(C1C(Cl)=Cc2ccc3ccccc3c21)C1C(Cl)=Cc2ccc3ccccc3c21. The van der Waals surface area contributed by atoms with Crippen molar-refractivity contribution in [3.8, 4) is 0 Å². The molecule has 6 rings (SSSR count). The van der Waals surface area contributed by atoms with E-state index >= 15 is 0 Å². The third-order valence-corrected chi connectivity index (χ3v) is 12.4. The summed E-state index contributed by atoms with van der Waals surface area (Å²) in [6.07, 6.45) is 4.36. The van der Waals surface area contributed by atoms with Gasteiger partial charge in [0.05, 0.1) is 8.07 Å². The minimum absolute atomic E-state index is 0.215. The molecular weight excluding hydrogens is 435 g/mol. The van der Waals surface area contributed by atoms with Crippen molar-refractivity contribution in [2.75, 3.05) is 0 Å². The Hall–Kier alpha value is -2.32. The quantitative estimate of drug-likeness (QED) is 0.264. The number of benzene rings is 4. The maximum absolute atomic E-state index is 7.03. The first-order chi connectivity index (χ1) is 15.0. The van der Waals surface area contributed by atoms with Crippen LogP contribution in [0, 0.1) is 0 Å². The van der Waals surface area contributed by atoms with Gasteiger partial charge in [0, 0.05) is 21.1 Å². The third kappa shape index (κ3) is 2.74. The predicted octanol–water partition coefficient (Wildman–Crippen LogP) is 8.83. The molecule has 0 saturated heterocycles. The van der Waals surface area contributed by atoms with Crippen molar-refractivity contribution >= 4 is 65.0 Å². The fourth-order valence-corrected chi connectivity index (χ4v) is 12.1. The summed E-state index contributed by atoms with van der Waals surface area (Å²) in [6.45, 7) is 4.92. The standard InChI is InChI=1S/C28H22Cl2Si/c1-31(2,27-23(29)15-19-13-11-17-7-3-5-9-21(17)25(19)27)28-24(30)16-20-14-12-18-8-4-6-10-22(18)26(20)28/h3-16,27-28H,1-2H3. The highest BCUT2D eigenvalue weighted by atomic mass is 35.5. The second-order valence-corrected chi connectivity index (χ2v) is 15.0. The lowest BCUT2D eigenvalue weighted by atomic mass is 10.00. The average Bonchev–Trinajstić information content (AvgIpc) is 3.30. The van der Waals surface area contributed by atoms with Crippen molar-refractivity contribution in [3.05, 3.63) is 105 Å². The van der Waals surface area contributed by atoms with Gasteiger partial charge in [0.1, 0.15) is 0 Å². The molecule has 4 aromatic rings. The van der Waals surface area contributed by atoms with Crippen molar-refractivity contribution in [2.45, 2.75) is 24.2 Å². The van der Waals surface area contributed by atoms with E-state index in [1.54, 1.807) is 0 Å². The molecule has 0 N–H and O–H groups in total. The smallest absolute Gasteiger partial charge is 0.0754 e. The van der Waals surface area contributed by atoms with Gasteiger partial charge in [0.25, 0.3) is 0 Å². The highest BCUT2D eigenvalue weighted by Gasteiger charge is 2.49. The molecule has 4 aromatic carbocycles. The van der Waals surface area contributed by atoms with Gasteiger partial charge in [0.2, 0.25) is 0 Å². The Kier molecular flexibility index (Phi) is 4.27. The van der Waals surface area contributed by atoms with Crippen LogP contribution in [0.1, 0.15) is 33.3 Å². The lowest BCUT2D eigenvalue weighted by Crippen LogP contribution is -2.42. The first-order valence-electron chi connectivity index (χ1n) is 10.7. The van der Waals surface area contributed by atoms with Crippen molar-refractivity contribution < 1.29 is 0 Å². The van der Waals surface area contributed by atoms with Gasteiger partial charge in [-0.05, 0) is 56.0 Å². The number of halogens is 2. The molecule has 0 aromatic heterocycles. The zero-order valence-corrected chi connectivity index (χ0v) is 20.0. The van der Waals surface area contributed by atoms with Crippen LogP contribution >= 0.6 is 23.2 Å². The van der Waals surface area contributed by atoms with Crippen LogP contribution in [0.4, 0.5) is 0 Å². The molecule has 0 bridgehead atoms. The van der Waals surface area contributed by atoms with Crippen LogP contribution in [0.2, 0.25) is 13.1 Å². The molecule has 31 heavy (non-hydrogen) atoms. The van der Waals surface area contributed by atoms with E-state index in [4.69, 9.17) is 23.2 Å². The molecule has 0 heterocycles. The Morgan fingerprint density at radius 1 is 0.581 bits per heavy atom. The molecule has 0 saturated carbocycles. The van der Waals surface area contributed by atoms with E-state index in [1.807, 2.05) is 0 Å². The molecule has 2 atom stereocenters. The van der Waals surface area contributed by atoms with Crippen molar-refractivity contribution in [1.29, 1.82) is 0 Å². The number of hydrogen-bond donors (Lipinski definition) is 0. The predicted molar refractivity (Wildman–Crippen MR) is 139 cm³/mol.